The van der Waals surface area contributed by atoms with Crippen LogP contribution < -0.4 is 15.8 Å². The molecule has 1 aliphatic rings. The van der Waals surface area contributed by atoms with E-state index in [1.165, 1.54) is 11.4 Å². The first kappa shape index (κ1) is 21.7. The van der Waals surface area contributed by atoms with Crippen LogP contribution in [0, 0.1) is 0 Å². The SMILES string of the molecule is COc1ccccc1S(=O)(=O)N1CCCCC1CNC(=O)CCN.Cl. The van der Waals surface area contributed by atoms with Crippen LogP contribution in [0.1, 0.15) is 25.7 Å². The van der Waals surface area contributed by atoms with Crippen LogP contribution in [0.5, 0.6) is 5.75 Å². The van der Waals surface area contributed by atoms with Gasteiger partial charge in [-0.25, -0.2) is 8.42 Å². The van der Waals surface area contributed by atoms with E-state index in [1.807, 2.05) is 0 Å². The predicted octanol–water partition coefficient (Wildman–Crippen LogP) is 1.13. The standard InChI is InChI=1S/C16H25N3O4S.ClH/c1-23-14-7-2-3-8-15(14)24(21,22)19-11-5-4-6-13(19)12-18-16(20)9-10-17;/h2-3,7-8,13H,4-6,9-12,17H2,1H3,(H,18,20);1H. The van der Waals surface area contributed by atoms with Crippen molar-refractivity contribution in [1.82, 2.24) is 9.62 Å². The number of nitrogens with two attached hydrogens (primary N) is 1. The molecular weight excluding hydrogens is 366 g/mol. The highest BCUT2D eigenvalue weighted by Crippen LogP contribution is 2.30. The lowest BCUT2D eigenvalue weighted by molar-refractivity contribution is -0.121. The second kappa shape index (κ2) is 9.96. The molecule has 1 heterocycles. The Bertz CT molecular complexity index is 669. The highest BCUT2D eigenvalue weighted by atomic mass is 35.5. The number of benzene rings is 1. The molecule has 0 aliphatic carbocycles. The molecule has 9 heteroatoms. The van der Waals surface area contributed by atoms with Crippen molar-refractivity contribution in [2.24, 2.45) is 5.73 Å². The normalized spacial score (nSPS) is 18.2. The number of hydrogen-bond acceptors (Lipinski definition) is 5. The Morgan fingerprint density at radius 2 is 2.08 bits per heavy atom. The summed E-state index contributed by atoms with van der Waals surface area (Å²) in [5.74, 6) is 0.173. The molecule has 1 atom stereocenters. The van der Waals surface area contributed by atoms with Crippen molar-refractivity contribution in [3.63, 3.8) is 0 Å². The number of nitrogens with zero attached hydrogens (tertiary/aromatic N) is 1. The van der Waals surface area contributed by atoms with Crippen molar-refractivity contribution in [1.29, 1.82) is 0 Å². The number of hydrogen-bond donors (Lipinski definition) is 2. The zero-order chi connectivity index (χ0) is 17.6. The zero-order valence-electron chi connectivity index (χ0n) is 14.3. The largest absolute Gasteiger partial charge is 0.495 e. The summed E-state index contributed by atoms with van der Waals surface area (Å²) in [6.07, 6.45) is 2.71. The molecule has 1 fully saturated rings. The monoisotopic (exact) mass is 391 g/mol. The summed E-state index contributed by atoms with van der Waals surface area (Å²) < 4.78 is 32.8. The van der Waals surface area contributed by atoms with Crippen LogP contribution in [0.15, 0.2) is 29.2 Å². The minimum absolute atomic E-state index is 0. The van der Waals surface area contributed by atoms with Gasteiger partial charge in [-0.1, -0.05) is 18.6 Å². The first-order valence-corrected chi connectivity index (χ1v) is 9.56. The maximum atomic E-state index is 13.1. The Hall–Kier alpha value is -1.35. The van der Waals surface area contributed by atoms with Gasteiger partial charge in [0, 0.05) is 32.1 Å². The van der Waals surface area contributed by atoms with Crippen molar-refractivity contribution < 1.29 is 17.9 Å². The van der Waals surface area contributed by atoms with E-state index < -0.39 is 10.0 Å². The number of nitrogens with one attached hydrogen (secondary N) is 1. The van der Waals surface area contributed by atoms with Crippen LogP contribution >= 0.6 is 12.4 Å². The number of para-hydroxylation sites is 1. The molecule has 142 valence electrons. The second-order valence-electron chi connectivity index (χ2n) is 5.76. The Kier molecular flexibility index (Phi) is 8.64. The van der Waals surface area contributed by atoms with Crippen LogP contribution in [0.4, 0.5) is 0 Å². The van der Waals surface area contributed by atoms with E-state index in [9.17, 15) is 13.2 Å². The minimum Gasteiger partial charge on any atom is -0.495 e. The molecule has 0 spiro atoms. The number of carbonyl (C=O) groups excluding carboxylic acids is 1. The Labute approximate surface area is 155 Å². The highest BCUT2D eigenvalue weighted by Gasteiger charge is 2.35. The van der Waals surface area contributed by atoms with Crippen LogP contribution in [0.3, 0.4) is 0 Å². The number of ether oxygens (including phenoxy) is 1. The van der Waals surface area contributed by atoms with Gasteiger partial charge in [-0.15, -0.1) is 12.4 Å². The summed E-state index contributed by atoms with van der Waals surface area (Å²) in [4.78, 5) is 11.8. The number of methoxy groups -OCH3 is 1. The van der Waals surface area contributed by atoms with E-state index in [2.05, 4.69) is 5.32 Å². The molecule has 1 amide bonds. The number of carbonyl (C=O) groups is 1. The molecule has 1 unspecified atom stereocenters. The fourth-order valence-electron chi connectivity index (χ4n) is 2.90. The average molecular weight is 392 g/mol. The third-order valence-corrected chi connectivity index (χ3v) is 6.13. The number of piperidine rings is 1. The lowest BCUT2D eigenvalue weighted by atomic mass is 10.1. The number of sulfonamides is 1. The summed E-state index contributed by atoms with van der Waals surface area (Å²) in [5.41, 5.74) is 5.36. The first-order valence-electron chi connectivity index (χ1n) is 8.12. The summed E-state index contributed by atoms with van der Waals surface area (Å²) >= 11 is 0. The van der Waals surface area contributed by atoms with Gasteiger partial charge in [0.1, 0.15) is 10.6 Å². The average Bonchev–Trinajstić information content (AvgIpc) is 2.60. The molecule has 1 aromatic carbocycles. The van der Waals surface area contributed by atoms with Gasteiger partial charge in [0.05, 0.1) is 7.11 Å². The smallest absolute Gasteiger partial charge is 0.247 e. The maximum Gasteiger partial charge on any atom is 0.247 e. The summed E-state index contributed by atoms with van der Waals surface area (Å²) in [6, 6.07) is 6.34. The van der Waals surface area contributed by atoms with Gasteiger partial charge in [0.15, 0.2) is 0 Å². The van der Waals surface area contributed by atoms with Crippen molar-refractivity contribution >= 4 is 28.3 Å². The number of rotatable bonds is 7. The van der Waals surface area contributed by atoms with E-state index in [0.29, 0.717) is 18.8 Å². The van der Waals surface area contributed by atoms with Crippen LogP contribution in [0.25, 0.3) is 0 Å². The third kappa shape index (κ3) is 5.31. The van der Waals surface area contributed by atoms with E-state index in [-0.39, 0.29) is 42.2 Å². The number of halogens is 1. The lowest BCUT2D eigenvalue weighted by Gasteiger charge is -2.35. The molecule has 3 N–H and O–H groups in total. The fourth-order valence-corrected chi connectivity index (χ4v) is 4.75. The summed E-state index contributed by atoms with van der Waals surface area (Å²) in [6.45, 7) is 1.02. The van der Waals surface area contributed by atoms with Crippen molar-refractivity contribution in [3.05, 3.63) is 24.3 Å². The van der Waals surface area contributed by atoms with E-state index >= 15 is 0 Å². The fraction of sp³-hybridized carbons (Fsp3) is 0.562. The third-order valence-electron chi connectivity index (χ3n) is 4.14. The van der Waals surface area contributed by atoms with Crippen LogP contribution in [0.2, 0.25) is 0 Å². The molecular formula is C16H26ClN3O4S. The van der Waals surface area contributed by atoms with Gasteiger partial charge in [-0.05, 0) is 25.0 Å². The van der Waals surface area contributed by atoms with Gasteiger partial charge < -0.3 is 15.8 Å². The Morgan fingerprint density at radius 3 is 2.76 bits per heavy atom. The molecule has 7 nitrogen and oxygen atoms in total. The second-order valence-corrected chi connectivity index (χ2v) is 7.62. The van der Waals surface area contributed by atoms with Crippen molar-refractivity contribution in [3.8, 4) is 5.75 Å². The van der Waals surface area contributed by atoms with Gasteiger partial charge in [-0.2, -0.15) is 4.31 Å². The molecule has 1 aliphatic heterocycles. The van der Waals surface area contributed by atoms with Crippen molar-refractivity contribution in [2.45, 2.75) is 36.6 Å². The van der Waals surface area contributed by atoms with Gasteiger partial charge in [-0.3, -0.25) is 4.79 Å². The first-order chi connectivity index (χ1) is 11.5. The molecule has 1 saturated heterocycles. The topological polar surface area (TPSA) is 102 Å². The molecule has 0 aromatic heterocycles. The zero-order valence-corrected chi connectivity index (χ0v) is 15.9. The molecule has 0 radical (unpaired) electrons. The molecule has 0 bridgehead atoms. The Balaban J connectivity index is 0.00000312. The van der Waals surface area contributed by atoms with Gasteiger partial charge >= 0.3 is 0 Å². The quantitative estimate of drug-likeness (QED) is 0.725. The Morgan fingerprint density at radius 1 is 1.36 bits per heavy atom. The predicted molar refractivity (Wildman–Crippen MR) is 98.5 cm³/mol. The lowest BCUT2D eigenvalue weighted by Crippen LogP contribution is -2.49. The molecule has 0 saturated carbocycles. The van der Waals surface area contributed by atoms with E-state index in [4.69, 9.17) is 10.5 Å². The van der Waals surface area contributed by atoms with Crippen LogP contribution in [-0.4, -0.2) is 51.4 Å². The molecule has 2 rings (SSSR count). The maximum absolute atomic E-state index is 13.1. The number of amides is 1. The van der Waals surface area contributed by atoms with Crippen molar-refractivity contribution in [2.75, 3.05) is 26.7 Å². The van der Waals surface area contributed by atoms with E-state index in [0.717, 1.165) is 19.3 Å². The molecule has 1 aromatic rings. The molecule has 25 heavy (non-hydrogen) atoms. The summed E-state index contributed by atoms with van der Waals surface area (Å²) in [5, 5.41) is 2.78. The van der Waals surface area contributed by atoms with Crippen LogP contribution in [-0.2, 0) is 14.8 Å². The minimum atomic E-state index is -3.68. The van der Waals surface area contributed by atoms with Gasteiger partial charge in [0.2, 0.25) is 15.9 Å². The summed E-state index contributed by atoms with van der Waals surface area (Å²) in [7, 11) is -2.23. The highest BCUT2D eigenvalue weighted by molar-refractivity contribution is 7.89. The van der Waals surface area contributed by atoms with E-state index in [1.54, 1.807) is 24.3 Å². The van der Waals surface area contributed by atoms with Gasteiger partial charge in [0.25, 0.3) is 0 Å².